The normalized spacial score (nSPS) is 10.5. The minimum absolute atomic E-state index is 0.0637. The van der Waals surface area contributed by atoms with E-state index in [1.54, 1.807) is 48.5 Å². The lowest BCUT2D eigenvalue weighted by atomic mass is 10.0. The summed E-state index contributed by atoms with van der Waals surface area (Å²) >= 11 is 0. The summed E-state index contributed by atoms with van der Waals surface area (Å²) in [6, 6.07) is 13.6. The number of hydrogen-bond donors (Lipinski definition) is 3. The lowest BCUT2D eigenvalue weighted by Gasteiger charge is -2.09. The van der Waals surface area contributed by atoms with Gasteiger partial charge in [0.05, 0.1) is 12.8 Å². The van der Waals surface area contributed by atoms with Crippen LogP contribution in [0.15, 0.2) is 48.5 Å². The Kier molecular flexibility index (Phi) is 3.72. The second-order valence-corrected chi connectivity index (χ2v) is 4.93. The van der Waals surface area contributed by atoms with E-state index in [0.717, 1.165) is 11.1 Å². The third-order valence-electron chi connectivity index (χ3n) is 3.40. The standard InChI is InChI=1S/C17H15N3O3/c1-23-16-9-14(19-17(18)20-16)13-8-11(4-7-15(13)22)10-2-5-12(21)6-3-10/h2-9,21-22H,1H3,(H2,18,19,20). The molecule has 1 heterocycles. The summed E-state index contributed by atoms with van der Waals surface area (Å²) in [5.74, 6) is 0.657. The summed E-state index contributed by atoms with van der Waals surface area (Å²) < 4.78 is 5.08. The zero-order valence-corrected chi connectivity index (χ0v) is 12.4. The van der Waals surface area contributed by atoms with Gasteiger partial charge in [0.25, 0.3) is 0 Å². The molecule has 2 aromatic carbocycles. The van der Waals surface area contributed by atoms with Crippen LogP contribution in [0.3, 0.4) is 0 Å². The molecule has 0 saturated heterocycles. The number of benzene rings is 2. The molecule has 0 saturated carbocycles. The summed E-state index contributed by atoms with van der Waals surface area (Å²) in [5.41, 5.74) is 8.43. The highest BCUT2D eigenvalue weighted by Gasteiger charge is 2.11. The van der Waals surface area contributed by atoms with E-state index in [1.165, 1.54) is 7.11 Å². The van der Waals surface area contributed by atoms with Gasteiger partial charge in [-0.15, -0.1) is 0 Å². The summed E-state index contributed by atoms with van der Waals surface area (Å²) in [6.45, 7) is 0. The van der Waals surface area contributed by atoms with Crippen molar-refractivity contribution in [1.29, 1.82) is 0 Å². The van der Waals surface area contributed by atoms with Crippen molar-refractivity contribution >= 4 is 5.95 Å². The summed E-state index contributed by atoms with van der Waals surface area (Å²) in [5, 5.41) is 19.5. The van der Waals surface area contributed by atoms with E-state index >= 15 is 0 Å². The van der Waals surface area contributed by atoms with Gasteiger partial charge in [-0.1, -0.05) is 18.2 Å². The van der Waals surface area contributed by atoms with E-state index in [-0.39, 0.29) is 17.4 Å². The van der Waals surface area contributed by atoms with Gasteiger partial charge in [0.15, 0.2) is 0 Å². The van der Waals surface area contributed by atoms with Crippen LogP contribution in [0.25, 0.3) is 22.4 Å². The first kappa shape index (κ1) is 14.6. The average Bonchev–Trinajstić information content (AvgIpc) is 2.55. The van der Waals surface area contributed by atoms with E-state index in [1.807, 2.05) is 0 Å². The quantitative estimate of drug-likeness (QED) is 0.687. The maximum absolute atomic E-state index is 10.2. The molecule has 0 amide bonds. The van der Waals surface area contributed by atoms with Crippen molar-refractivity contribution in [3.8, 4) is 39.8 Å². The minimum Gasteiger partial charge on any atom is -0.508 e. The number of ether oxygens (including phenoxy) is 1. The highest BCUT2D eigenvalue weighted by Crippen LogP contribution is 2.34. The average molecular weight is 309 g/mol. The van der Waals surface area contributed by atoms with Crippen LogP contribution in [0.5, 0.6) is 17.4 Å². The molecule has 0 fully saturated rings. The van der Waals surface area contributed by atoms with Crippen molar-refractivity contribution < 1.29 is 14.9 Å². The van der Waals surface area contributed by atoms with E-state index in [9.17, 15) is 10.2 Å². The number of nitrogens with two attached hydrogens (primary N) is 1. The lowest BCUT2D eigenvalue weighted by molar-refractivity contribution is 0.398. The second kappa shape index (κ2) is 5.84. The molecular weight excluding hydrogens is 294 g/mol. The van der Waals surface area contributed by atoms with Crippen molar-refractivity contribution in [2.45, 2.75) is 0 Å². The van der Waals surface area contributed by atoms with Gasteiger partial charge >= 0.3 is 0 Å². The molecule has 3 aromatic rings. The third-order valence-corrected chi connectivity index (χ3v) is 3.40. The van der Waals surface area contributed by atoms with Crippen LogP contribution in [0.1, 0.15) is 0 Å². The van der Waals surface area contributed by atoms with Crippen molar-refractivity contribution in [1.82, 2.24) is 9.97 Å². The van der Waals surface area contributed by atoms with E-state index in [4.69, 9.17) is 10.5 Å². The molecule has 0 atom stereocenters. The lowest BCUT2D eigenvalue weighted by Crippen LogP contribution is -1.99. The van der Waals surface area contributed by atoms with Gasteiger partial charge in [-0.05, 0) is 35.4 Å². The van der Waals surface area contributed by atoms with Crippen LogP contribution in [0.4, 0.5) is 5.95 Å². The largest absolute Gasteiger partial charge is 0.508 e. The van der Waals surface area contributed by atoms with E-state index < -0.39 is 0 Å². The smallest absolute Gasteiger partial charge is 0.223 e. The number of methoxy groups -OCH3 is 1. The number of phenols is 2. The van der Waals surface area contributed by atoms with Crippen molar-refractivity contribution in [3.05, 3.63) is 48.5 Å². The van der Waals surface area contributed by atoms with Crippen LogP contribution in [0, 0.1) is 0 Å². The van der Waals surface area contributed by atoms with Gasteiger partial charge in [-0.2, -0.15) is 4.98 Å². The van der Waals surface area contributed by atoms with Crippen LogP contribution >= 0.6 is 0 Å². The summed E-state index contributed by atoms with van der Waals surface area (Å²) in [6.07, 6.45) is 0. The molecule has 3 rings (SSSR count). The molecule has 0 spiro atoms. The Labute approximate surface area is 132 Å². The molecule has 4 N–H and O–H groups in total. The predicted octanol–water partition coefficient (Wildman–Crippen LogP) is 2.81. The molecular formula is C17H15N3O3. The Hall–Kier alpha value is -3.28. The minimum atomic E-state index is 0.0637. The molecule has 0 aliphatic heterocycles. The van der Waals surface area contributed by atoms with E-state index in [2.05, 4.69) is 9.97 Å². The zero-order valence-electron chi connectivity index (χ0n) is 12.4. The molecule has 0 aliphatic carbocycles. The molecule has 0 unspecified atom stereocenters. The Bertz CT molecular complexity index is 848. The predicted molar refractivity (Wildman–Crippen MR) is 87.2 cm³/mol. The number of aromatic nitrogens is 2. The Morgan fingerprint density at radius 3 is 2.30 bits per heavy atom. The number of nitrogen functional groups attached to an aromatic ring is 1. The van der Waals surface area contributed by atoms with Crippen LogP contribution in [-0.4, -0.2) is 27.3 Å². The monoisotopic (exact) mass is 309 g/mol. The number of aromatic hydroxyl groups is 2. The van der Waals surface area contributed by atoms with Gasteiger partial charge in [-0.25, -0.2) is 4.98 Å². The van der Waals surface area contributed by atoms with Gasteiger partial charge in [0.2, 0.25) is 11.8 Å². The molecule has 6 heteroatoms. The summed E-state index contributed by atoms with van der Waals surface area (Å²) in [7, 11) is 1.48. The molecule has 0 aliphatic rings. The molecule has 0 radical (unpaired) electrons. The Balaban J connectivity index is 2.11. The first-order valence-electron chi connectivity index (χ1n) is 6.88. The zero-order chi connectivity index (χ0) is 16.4. The van der Waals surface area contributed by atoms with Crippen molar-refractivity contribution in [3.63, 3.8) is 0 Å². The topological polar surface area (TPSA) is 101 Å². The first-order valence-corrected chi connectivity index (χ1v) is 6.88. The number of hydrogen-bond acceptors (Lipinski definition) is 6. The van der Waals surface area contributed by atoms with Crippen LogP contribution in [0.2, 0.25) is 0 Å². The number of nitrogens with zero attached hydrogens (tertiary/aromatic N) is 2. The van der Waals surface area contributed by atoms with Gasteiger partial charge in [-0.3, -0.25) is 0 Å². The van der Waals surface area contributed by atoms with E-state index in [0.29, 0.717) is 17.1 Å². The number of anilines is 1. The van der Waals surface area contributed by atoms with Crippen LogP contribution < -0.4 is 10.5 Å². The molecule has 1 aromatic heterocycles. The number of rotatable bonds is 3. The van der Waals surface area contributed by atoms with Crippen molar-refractivity contribution in [2.75, 3.05) is 12.8 Å². The molecule has 0 bridgehead atoms. The third kappa shape index (κ3) is 3.01. The highest BCUT2D eigenvalue weighted by atomic mass is 16.5. The first-order chi connectivity index (χ1) is 11.1. The Morgan fingerprint density at radius 2 is 1.61 bits per heavy atom. The second-order valence-electron chi connectivity index (χ2n) is 4.93. The highest BCUT2D eigenvalue weighted by molar-refractivity contribution is 5.76. The molecule has 6 nitrogen and oxygen atoms in total. The fourth-order valence-corrected chi connectivity index (χ4v) is 2.26. The van der Waals surface area contributed by atoms with Crippen LogP contribution in [-0.2, 0) is 0 Å². The Morgan fingerprint density at radius 1 is 0.913 bits per heavy atom. The maximum Gasteiger partial charge on any atom is 0.223 e. The van der Waals surface area contributed by atoms with Gasteiger partial charge in [0, 0.05) is 11.6 Å². The maximum atomic E-state index is 10.2. The van der Waals surface area contributed by atoms with Gasteiger partial charge in [0.1, 0.15) is 11.5 Å². The summed E-state index contributed by atoms with van der Waals surface area (Å²) in [4.78, 5) is 8.08. The fraction of sp³-hybridized carbons (Fsp3) is 0.0588. The molecule has 116 valence electrons. The van der Waals surface area contributed by atoms with Crippen molar-refractivity contribution in [2.24, 2.45) is 0 Å². The fourth-order valence-electron chi connectivity index (χ4n) is 2.26. The number of phenolic OH excluding ortho intramolecular Hbond substituents is 2. The molecule has 23 heavy (non-hydrogen) atoms. The SMILES string of the molecule is COc1cc(-c2cc(-c3ccc(O)cc3)ccc2O)nc(N)n1. The van der Waals surface area contributed by atoms with Gasteiger partial charge < -0.3 is 20.7 Å².